The maximum atomic E-state index is 10.9. The molecule has 0 aromatic carbocycles. The average molecular weight is 184 g/mol. The SMILES string of the molecule is CC(=O)O[C@H]1[C@H]2CCC[C@H]2O[C@H]1C. The summed E-state index contributed by atoms with van der Waals surface area (Å²) in [6, 6.07) is 0. The van der Waals surface area contributed by atoms with E-state index in [2.05, 4.69) is 0 Å². The molecular formula is C10H16O3. The van der Waals surface area contributed by atoms with Crippen LogP contribution < -0.4 is 0 Å². The van der Waals surface area contributed by atoms with Gasteiger partial charge in [0.05, 0.1) is 12.2 Å². The molecule has 0 unspecified atom stereocenters. The average Bonchev–Trinajstić information content (AvgIpc) is 2.55. The minimum atomic E-state index is -0.187. The van der Waals surface area contributed by atoms with E-state index in [4.69, 9.17) is 9.47 Å². The highest BCUT2D eigenvalue weighted by molar-refractivity contribution is 5.66. The van der Waals surface area contributed by atoms with Crippen molar-refractivity contribution in [2.75, 3.05) is 0 Å². The van der Waals surface area contributed by atoms with Crippen LogP contribution in [0.25, 0.3) is 0 Å². The molecule has 0 spiro atoms. The summed E-state index contributed by atoms with van der Waals surface area (Å²) in [6.07, 6.45) is 3.92. The van der Waals surface area contributed by atoms with E-state index in [0.717, 1.165) is 12.8 Å². The fourth-order valence-electron chi connectivity index (χ4n) is 2.58. The lowest BCUT2D eigenvalue weighted by atomic mass is 9.99. The third kappa shape index (κ3) is 1.57. The molecule has 0 radical (unpaired) electrons. The summed E-state index contributed by atoms with van der Waals surface area (Å²) in [5, 5.41) is 0. The van der Waals surface area contributed by atoms with Crippen LogP contribution in [0, 0.1) is 5.92 Å². The molecule has 0 N–H and O–H groups in total. The largest absolute Gasteiger partial charge is 0.459 e. The Hall–Kier alpha value is -0.570. The standard InChI is InChI=1S/C10H16O3/c1-6-10(13-7(2)11)8-4-3-5-9(8)12-6/h6,8-10H,3-5H2,1-2H3/t6-,8-,9+,10+/m0/s1. The Bertz CT molecular complexity index is 214. The van der Waals surface area contributed by atoms with Crippen molar-refractivity contribution in [2.45, 2.75) is 51.4 Å². The number of fused-ring (bicyclic) bond motifs is 1. The van der Waals surface area contributed by atoms with Gasteiger partial charge in [0.2, 0.25) is 0 Å². The van der Waals surface area contributed by atoms with E-state index in [0.29, 0.717) is 12.0 Å². The summed E-state index contributed by atoms with van der Waals surface area (Å²) < 4.78 is 11.0. The van der Waals surface area contributed by atoms with Crippen LogP contribution in [0.1, 0.15) is 33.1 Å². The molecule has 1 aliphatic heterocycles. The number of carbonyl (C=O) groups excluding carboxylic acids is 1. The summed E-state index contributed by atoms with van der Waals surface area (Å²) in [6.45, 7) is 3.46. The third-order valence-corrected chi connectivity index (χ3v) is 3.08. The topological polar surface area (TPSA) is 35.5 Å². The van der Waals surface area contributed by atoms with Gasteiger partial charge in [0.1, 0.15) is 6.10 Å². The van der Waals surface area contributed by atoms with E-state index in [1.807, 2.05) is 6.92 Å². The molecule has 74 valence electrons. The highest BCUT2D eigenvalue weighted by Crippen LogP contribution is 2.40. The monoisotopic (exact) mass is 184 g/mol. The van der Waals surface area contributed by atoms with Crippen LogP contribution in [0.3, 0.4) is 0 Å². The molecule has 2 aliphatic rings. The first-order valence-electron chi connectivity index (χ1n) is 5.01. The molecule has 13 heavy (non-hydrogen) atoms. The molecular weight excluding hydrogens is 168 g/mol. The van der Waals surface area contributed by atoms with Gasteiger partial charge in [-0.2, -0.15) is 0 Å². The van der Waals surface area contributed by atoms with Crippen molar-refractivity contribution >= 4 is 5.97 Å². The number of hydrogen-bond acceptors (Lipinski definition) is 3. The number of esters is 1. The van der Waals surface area contributed by atoms with Crippen LogP contribution in [0.5, 0.6) is 0 Å². The Morgan fingerprint density at radius 3 is 2.92 bits per heavy atom. The van der Waals surface area contributed by atoms with Gasteiger partial charge in [-0.1, -0.05) is 6.42 Å². The van der Waals surface area contributed by atoms with Gasteiger partial charge in [-0.05, 0) is 19.8 Å². The maximum absolute atomic E-state index is 10.9. The molecule has 0 bridgehead atoms. The predicted octanol–water partition coefficient (Wildman–Crippen LogP) is 1.51. The van der Waals surface area contributed by atoms with Gasteiger partial charge in [0.25, 0.3) is 0 Å². The van der Waals surface area contributed by atoms with Gasteiger partial charge in [-0.15, -0.1) is 0 Å². The Kier molecular flexibility index (Phi) is 2.28. The lowest BCUT2D eigenvalue weighted by molar-refractivity contribution is -0.150. The fourth-order valence-corrected chi connectivity index (χ4v) is 2.58. The van der Waals surface area contributed by atoms with Gasteiger partial charge in [-0.25, -0.2) is 0 Å². The Morgan fingerprint density at radius 2 is 2.23 bits per heavy atom. The van der Waals surface area contributed by atoms with Crippen molar-refractivity contribution in [3.8, 4) is 0 Å². The van der Waals surface area contributed by atoms with Gasteiger partial charge in [-0.3, -0.25) is 4.79 Å². The minimum absolute atomic E-state index is 0.00463. The van der Waals surface area contributed by atoms with E-state index in [9.17, 15) is 4.79 Å². The Labute approximate surface area is 78.4 Å². The first kappa shape index (κ1) is 9.00. The van der Waals surface area contributed by atoms with E-state index in [-0.39, 0.29) is 18.2 Å². The van der Waals surface area contributed by atoms with Crippen molar-refractivity contribution in [3.63, 3.8) is 0 Å². The summed E-state index contributed by atoms with van der Waals surface area (Å²) in [5.41, 5.74) is 0. The van der Waals surface area contributed by atoms with Crippen molar-refractivity contribution in [3.05, 3.63) is 0 Å². The van der Waals surface area contributed by atoms with Crippen molar-refractivity contribution in [2.24, 2.45) is 5.92 Å². The van der Waals surface area contributed by atoms with Gasteiger partial charge in [0.15, 0.2) is 0 Å². The predicted molar refractivity (Wildman–Crippen MR) is 47.2 cm³/mol. The van der Waals surface area contributed by atoms with E-state index >= 15 is 0 Å². The van der Waals surface area contributed by atoms with Crippen LogP contribution in [0.4, 0.5) is 0 Å². The van der Waals surface area contributed by atoms with Crippen LogP contribution in [0.15, 0.2) is 0 Å². The number of carbonyl (C=O) groups is 1. The zero-order valence-corrected chi connectivity index (χ0v) is 8.16. The summed E-state index contributed by atoms with van der Waals surface area (Å²) in [4.78, 5) is 10.9. The number of ether oxygens (including phenoxy) is 2. The van der Waals surface area contributed by atoms with Crippen LogP contribution >= 0.6 is 0 Å². The van der Waals surface area contributed by atoms with E-state index < -0.39 is 0 Å². The van der Waals surface area contributed by atoms with Crippen LogP contribution in [0.2, 0.25) is 0 Å². The fraction of sp³-hybridized carbons (Fsp3) is 0.900. The zero-order chi connectivity index (χ0) is 9.42. The highest BCUT2D eigenvalue weighted by atomic mass is 16.6. The van der Waals surface area contributed by atoms with Crippen molar-refractivity contribution in [1.29, 1.82) is 0 Å². The molecule has 1 heterocycles. The second-order valence-corrected chi connectivity index (χ2v) is 4.05. The van der Waals surface area contributed by atoms with Gasteiger partial charge < -0.3 is 9.47 Å². The highest BCUT2D eigenvalue weighted by Gasteiger charge is 2.46. The molecule has 3 heteroatoms. The molecule has 2 rings (SSSR count). The van der Waals surface area contributed by atoms with Crippen molar-refractivity contribution in [1.82, 2.24) is 0 Å². The second-order valence-electron chi connectivity index (χ2n) is 4.05. The molecule has 3 nitrogen and oxygen atoms in total. The number of hydrogen-bond donors (Lipinski definition) is 0. The van der Waals surface area contributed by atoms with Gasteiger partial charge in [0, 0.05) is 12.8 Å². The molecule has 1 saturated heterocycles. The quantitative estimate of drug-likeness (QED) is 0.579. The molecule has 0 aromatic rings. The molecule has 4 atom stereocenters. The Morgan fingerprint density at radius 1 is 1.46 bits per heavy atom. The van der Waals surface area contributed by atoms with E-state index in [1.165, 1.54) is 13.3 Å². The number of rotatable bonds is 1. The lowest BCUT2D eigenvalue weighted by Gasteiger charge is -2.18. The summed E-state index contributed by atoms with van der Waals surface area (Å²) in [5.74, 6) is 0.270. The smallest absolute Gasteiger partial charge is 0.303 e. The Balaban J connectivity index is 2.03. The summed E-state index contributed by atoms with van der Waals surface area (Å²) in [7, 11) is 0. The zero-order valence-electron chi connectivity index (χ0n) is 8.16. The van der Waals surface area contributed by atoms with Crippen LogP contribution in [-0.2, 0) is 14.3 Å². The maximum Gasteiger partial charge on any atom is 0.303 e. The van der Waals surface area contributed by atoms with Crippen LogP contribution in [-0.4, -0.2) is 24.3 Å². The van der Waals surface area contributed by atoms with Crippen molar-refractivity contribution < 1.29 is 14.3 Å². The molecule has 0 amide bonds. The summed E-state index contributed by atoms with van der Waals surface area (Å²) >= 11 is 0. The van der Waals surface area contributed by atoms with Gasteiger partial charge >= 0.3 is 5.97 Å². The molecule has 1 aliphatic carbocycles. The molecule has 1 saturated carbocycles. The second kappa shape index (κ2) is 3.29. The lowest BCUT2D eigenvalue weighted by Crippen LogP contribution is -2.29. The normalized spacial score (nSPS) is 43.2. The first-order valence-corrected chi connectivity index (χ1v) is 5.01. The van der Waals surface area contributed by atoms with E-state index in [1.54, 1.807) is 0 Å². The molecule has 0 aromatic heterocycles. The minimum Gasteiger partial charge on any atom is -0.459 e. The third-order valence-electron chi connectivity index (χ3n) is 3.08. The first-order chi connectivity index (χ1) is 6.18. The molecule has 2 fully saturated rings.